The van der Waals surface area contributed by atoms with E-state index < -0.39 is 5.54 Å². The molecule has 1 aliphatic rings. The molecule has 1 rings (SSSR count). The molecule has 1 fully saturated rings. The van der Waals surface area contributed by atoms with Gasteiger partial charge in [-0.2, -0.15) is 0 Å². The summed E-state index contributed by atoms with van der Waals surface area (Å²) in [6.45, 7) is 6.55. The molecule has 0 amide bonds. The number of carbonyl (C=O) groups is 1. The van der Waals surface area contributed by atoms with Crippen molar-refractivity contribution in [2.75, 3.05) is 6.61 Å². The lowest BCUT2D eigenvalue weighted by Crippen LogP contribution is -2.53. The molecule has 0 aromatic carbocycles. The van der Waals surface area contributed by atoms with Crippen LogP contribution in [0.2, 0.25) is 0 Å². The first-order valence-electron chi connectivity index (χ1n) is 5.36. The number of nitrogens with two attached hydrogens (primary N) is 1. The number of carbonyl (C=O) groups excluding carboxylic acids is 1. The van der Waals surface area contributed by atoms with Crippen molar-refractivity contribution >= 4 is 5.97 Å². The van der Waals surface area contributed by atoms with Crippen LogP contribution in [0.3, 0.4) is 0 Å². The van der Waals surface area contributed by atoms with E-state index in [1.165, 1.54) is 0 Å². The Kier molecular flexibility index (Phi) is 3.20. The highest BCUT2D eigenvalue weighted by atomic mass is 16.5. The van der Waals surface area contributed by atoms with Crippen LogP contribution in [0.5, 0.6) is 0 Å². The highest BCUT2D eigenvalue weighted by Crippen LogP contribution is 2.40. The summed E-state index contributed by atoms with van der Waals surface area (Å²) >= 11 is 0. The van der Waals surface area contributed by atoms with Crippen molar-refractivity contribution in [3.63, 3.8) is 0 Å². The van der Waals surface area contributed by atoms with E-state index in [0.29, 0.717) is 6.61 Å². The zero-order valence-corrected chi connectivity index (χ0v) is 9.43. The molecular formula is C11H21NO2. The second kappa shape index (κ2) is 3.89. The fourth-order valence-electron chi connectivity index (χ4n) is 2.36. The molecule has 3 heteroatoms. The fraction of sp³-hybridized carbons (Fsp3) is 0.909. The molecule has 0 unspecified atom stereocenters. The predicted molar refractivity (Wildman–Crippen MR) is 55.8 cm³/mol. The van der Waals surface area contributed by atoms with E-state index in [1.807, 2.05) is 6.92 Å². The van der Waals surface area contributed by atoms with Gasteiger partial charge in [-0.05, 0) is 31.6 Å². The molecule has 1 atom stereocenters. The highest BCUT2D eigenvalue weighted by Gasteiger charge is 2.43. The second-order valence-electron chi connectivity index (χ2n) is 5.07. The van der Waals surface area contributed by atoms with E-state index >= 15 is 0 Å². The maximum atomic E-state index is 11.7. The third kappa shape index (κ3) is 2.47. The second-order valence-corrected chi connectivity index (χ2v) is 5.07. The number of rotatable bonds is 2. The van der Waals surface area contributed by atoms with Crippen LogP contribution in [0.15, 0.2) is 0 Å². The average molecular weight is 199 g/mol. The summed E-state index contributed by atoms with van der Waals surface area (Å²) < 4.78 is 5.01. The van der Waals surface area contributed by atoms with Gasteiger partial charge in [0.1, 0.15) is 5.54 Å². The van der Waals surface area contributed by atoms with Crippen LogP contribution in [0, 0.1) is 5.41 Å². The van der Waals surface area contributed by atoms with Crippen LogP contribution >= 0.6 is 0 Å². The molecule has 14 heavy (non-hydrogen) atoms. The number of hydrogen-bond donors (Lipinski definition) is 1. The van der Waals surface area contributed by atoms with Gasteiger partial charge >= 0.3 is 5.97 Å². The molecule has 0 radical (unpaired) electrons. The minimum Gasteiger partial charge on any atom is -0.465 e. The summed E-state index contributed by atoms with van der Waals surface area (Å²) in [4.78, 5) is 11.7. The minimum atomic E-state index is -0.738. The number of esters is 1. The van der Waals surface area contributed by atoms with E-state index in [4.69, 9.17) is 10.5 Å². The van der Waals surface area contributed by atoms with Gasteiger partial charge in [-0.15, -0.1) is 0 Å². The summed E-state index contributed by atoms with van der Waals surface area (Å²) in [6, 6.07) is 0. The van der Waals surface area contributed by atoms with Crippen LogP contribution in [-0.4, -0.2) is 18.1 Å². The SMILES string of the molecule is CCOC(=O)[C@@]1(N)CCCC(C)(C)C1. The fourth-order valence-corrected chi connectivity index (χ4v) is 2.36. The predicted octanol–water partition coefficient (Wildman–Crippen LogP) is 1.85. The van der Waals surface area contributed by atoms with Crippen molar-refractivity contribution in [2.24, 2.45) is 11.1 Å². The maximum absolute atomic E-state index is 11.7. The monoisotopic (exact) mass is 199 g/mol. The summed E-state index contributed by atoms with van der Waals surface area (Å²) in [5.41, 5.74) is 5.52. The van der Waals surface area contributed by atoms with Gasteiger partial charge in [0.2, 0.25) is 0 Å². The van der Waals surface area contributed by atoms with Crippen molar-refractivity contribution in [3.8, 4) is 0 Å². The molecule has 0 saturated heterocycles. The molecule has 2 N–H and O–H groups in total. The summed E-state index contributed by atoms with van der Waals surface area (Å²) in [7, 11) is 0. The Bertz CT molecular complexity index is 225. The first-order chi connectivity index (χ1) is 6.40. The largest absolute Gasteiger partial charge is 0.465 e. The third-order valence-electron chi connectivity index (χ3n) is 2.95. The van der Waals surface area contributed by atoms with Crippen molar-refractivity contribution in [2.45, 2.75) is 52.0 Å². The number of ether oxygens (including phenoxy) is 1. The Morgan fingerprint density at radius 1 is 1.43 bits per heavy atom. The third-order valence-corrected chi connectivity index (χ3v) is 2.95. The maximum Gasteiger partial charge on any atom is 0.326 e. The van der Waals surface area contributed by atoms with Gasteiger partial charge in [0.25, 0.3) is 0 Å². The Morgan fingerprint density at radius 2 is 2.07 bits per heavy atom. The lowest BCUT2D eigenvalue weighted by atomic mass is 9.68. The lowest BCUT2D eigenvalue weighted by molar-refractivity contribution is -0.152. The van der Waals surface area contributed by atoms with Crippen LogP contribution in [-0.2, 0) is 9.53 Å². The molecule has 0 heterocycles. The Hall–Kier alpha value is -0.570. The molecule has 0 aromatic rings. The van der Waals surface area contributed by atoms with Crippen LogP contribution in [0.1, 0.15) is 46.5 Å². The molecule has 0 aromatic heterocycles. The molecule has 3 nitrogen and oxygen atoms in total. The smallest absolute Gasteiger partial charge is 0.326 e. The summed E-state index contributed by atoms with van der Waals surface area (Å²) in [5, 5.41) is 0. The van der Waals surface area contributed by atoms with E-state index in [-0.39, 0.29) is 11.4 Å². The molecular weight excluding hydrogens is 178 g/mol. The quantitative estimate of drug-likeness (QED) is 0.690. The van der Waals surface area contributed by atoms with Crippen molar-refractivity contribution in [1.29, 1.82) is 0 Å². The minimum absolute atomic E-state index is 0.166. The molecule has 82 valence electrons. The lowest BCUT2D eigenvalue weighted by Gasteiger charge is -2.40. The van der Waals surface area contributed by atoms with E-state index in [0.717, 1.165) is 25.7 Å². The van der Waals surface area contributed by atoms with Crippen molar-refractivity contribution < 1.29 is 9.53 Å². The highest BCUT2D eigenvalue weighted by molar-refractivity contribution is 5.80. The van der Waals surface area contributed by atoms with Crippen LogP contribution in [0.25, 0.3) is 0 Å². The Balaban J connectivity index is 2.68. The van der Waals surface area contributed by atoms with Crippen LogP contribution in [0.4, 0.5) is 0 Å². The van der Waals surface area contributed by atoms with E-state index in [2.05, 4.69) is 13.8 Å². The summed E-state index contributed by atoms with van der Waals surface area (Å²) in [6.07, 6.45) is 3.65. The zero-order chi connectivity index (χ0) is 10.8. The first kappa shape index (κ1) is 11.5. The Labute approximate surface area is 86.0 Å². The molecule has 1 saturated carbocycles. The van der Waals surface area contributed by atoms with Crippen molar-refractivity contribution in [3.05, 3.63) is 0 Å². The standard InChI is InChI=1S/C11H21NO2/c1-4-14-9(13)11(12)7-5-6-10(2,3)8-11/h4-8,12H2,1-3H3/t11-/m1/s1. The topological polar surface area (TPSA) is 52.3 Å². The van der Waals surface area contributed by atoms with Crippen molar-refractivity contribution in [1.82, 2.24) is 0 Å². The number of hydrogen-bond acceptors (Lipinski definition) is 3. The van der Waals surface area contributed by atoms with Gasteiger partial charge in [-0.25, -0.2) is 0 Å². The molecule has 1 aliphatic carbocycles. The summed E-state index contributed by atoms with van der Waals surface area (Å²) in [5.74, 6) is -0.229. The van der Waals surface area contributed by atoms with E-state index in [1.54, 1.807) is 0 Å². The normalized spacial score (nSPS) is 31.1. The molecule has 0 bridgehead atoms. The molecule has 0 spiro atoms. The van der Waals surface area contributed by atoms with E-state index in [9.17, 15) is 4.79 Å². The Morgan fingerprint density at radius 3 is 2.57 bits per heavy atom. The van der Waals surface area contributed by atoms with Gasteiger partial charge in [-0.3, -0.25) is 4.79 Å². The first-order valence-corrected chi connectivity index (χ1v) is 5.36. The molecule has 0 aliphatic heterocycles. The van der Waals surface area contributed by atoms with Gasteiger partial charge in [0.05, 0.1) is 6.61 Å². The zero-order valence-electron chi connectivity index (χ0n) is 9.43. The van der Waals surface area contributed by atoms with Gasteiger partial charge in [0, 0.05) is 0 Å². The van der Waals surface area contributed by atoms with Crippen LogP contribution < -0.4 is 5.73 Å². The van der Waals surface area contributed by atoms with Gasteiger partial charge in [-0.1, -0.05) is 20.3 Å². The van der Waals surface area contributed by atoms with Gasteiger partial charge in [0.15, 0.2) is 0 Å². The van der Waals surface area contributed by atoms with Gasteiger partial charge < -0.3 is 10.5 Å². The average Bonchev–Trinajstić information content (AvgIpc) is 2.02.